The van der Waals surface area contributed by atoms with Crippen LogP contribution in [-0.4, -0.2) is 26.8 Å². The third-order valence-electron chi connectivity index (χ3n) is 6.06. The van der Waals surface area contributed by atoms with Gasteiger partial charge in [0.1, 0.15) is 6.04 Å². The van der Waals surface area contributed by atoms with Crippen LogP contribution in [0.5, 0.6) is 0 Å². The van der Waals surface area contributed by atoms with E-state index in [1.165, 1.54) is 7.11 Å². The Morgan fingerprint density at radius 3 is 2.50 bits per heavy atom. The van der Waals surface area contributed by atoms with Gasteiger partial charge in [-0.2, -0.15) is 0 Å². The minimum Gasteiger partial charge on any atom is -0.467 e. The van der Waals surface area contributed by atoms with Gasteiger partial charge in [-0.05, 0) is 42.7 Å². The van der Waals surface area contributed by atoms with Crippen molar-refractivity contribution in [1.82, 2.24) is 13.7 Å². The van der Waals surface area contributed by atoms with Crippen LogP contribution in [0.1, 0.15) is 36.9 Å². The number of carbonyl (C=O) groups is 1. The Labute approximate surface area is 185 Å². The average Bonchev–Trinajstić information content (AvgIpc) is 3.12. The largest absolute Gasteiger partial charge is 0.467 e. The summed E-state index contributed by atoms with van der Waals surface area (Å²) >= 11 is 0. The van der Waals surface area contributed by atoms with Gasteiger partial charge >= 0.3 is 11.7 Å². The van der Waals surface area contributed by atoms with E-state index in [-0.39, 0.29) is 6.54 Å². The maximum absolute atomic E-state index is 13.7. The highest BCUT2D eigenvalue weighted by atomic mass is 16.5. The number of fused-ring (bicyclic) bond motifs is 2. The molecule has 2 heterocycles. The van der Waals surface area contributed by atoms with Gasteiger partial charge in [-0.15, -0.1) is 0 Å². The van der Waals surface area contributed by atoms with Crippen molar-refractivity contribution in [3.63, 3.8) is 0 Å². The van der Waals surface area contributed by atoms with Crippen LogP contribution in [0.2, 0.25) is 0 Å². The highest BCUT2D eigenvalue weighted by Gasteiger charge is 2.26. The molecule has 32 heavy (non-hydrogen) atoms. The number of hydrogen-bond acceptors (Lipinski definition) is 4. The number of aryl methyl sites for hydroxylation is 2. The van der Waals surface area contributed by atoms with Crippen molar-refractivity contribution in [2.24, 2.45) is 7.05 Å². The molecule has 0 radical (unpaired) electrons. The molecule has 4 aromatic rings. The maximum Gasteiger partial charge on any atom is 0.332 e. The van der Waals surface area contributed by atoms with E-state index in [9.17, 15) is 14.4 Å². The van der Waals surface area contributed by atoms with Crippen LogP contribution in [0, 0.1) is 6.92 Å². The van der Waals surface area contributed by atoms with Crippen LogP contribution in [0.4, 0.5) is 0 Å². The van der Waals surface area contributed by atoms with Gasteiger partial charge in [0.05, 0.1) is 24.6 Å². The van der Waals surface area contributed by atoms with E-state index in [0.29, 0.717) is 23.7 Å². The zero-order chi connectivity index (χ0) is 23.0. The van der Waals surface area contributed by atoms with Crippen molar-refractivity contribution in [3.05, 3.63) is 80.6 Å². The fourth-order valence-corrected chi connectivity index (χ4v) is 4.55. The van der Waals surface area contributed by atoms with Crippen LogP contribution in [0.3, 0.4) is 0 Å². The molecule has 7 nitrogen and oxygen atoms in total. The van der Waals surface area contributed by atoms with E-state index in [2.05, 4.69) is 0 Å². The summed E-state index contributed by atoms with van der Waals surface area (Å²) in [5.74, 6) is -0.589. The van der Waals surface area contributed by atoms with E-state index in [0.717, 1.165) is 26.6 Å². The fourth-order valence-electron chi connectivity index (χ4n) is 4.55. The molecule has 2 aromatic heterocycles. The molecular formula is C25H27N3O4. The quantitative estimate of drug-likeness (QED) is 0.436. The second-order valence-electron chi connectivity index (χ2n) is 8.12. The molecule has 0 aliphatic rings. The Hall–Kier alpha value is -3.61. The molecule has 0 aliphatic heterocycles. The van der Waals surface area contributed by atoms with Crippen molar-refractivity contribution >= 4 is 27.8 Å². The van der Waals surface area contributed by atoms with Gasteiger partial charge < -0.3 is 9.30 Å². The molecule has 0 bridgehead atoms. The monoisotopic (exact) mass is 433 g/mol. The summed E-state index contributed by atoms with van der Waals surface area (Å²) < 4.78 is 9.62. The Bertz CT molecular complexity index is 1440. The number of esters is 1. The molecule has 166 valence electrons. The molecular weight excluding hydrogens is 406 g/mol. The standard InChI is InChI=1S/C25H27N3O4/c1-5-9-21(24(30)32-4)28-23(29)18-11-6-7-12-19(18)27(25(28)31)15-17-14-26(3)20-13-8-10-16(2)22(17)20/h6-8,10-14,21H,5,9,15H2,1-4H3. The topological polar surface area (TPSA) is 75.2 Å². The van der Waals surface area contributed by atoms with Crippen LogP contribution in [-0.2, 0) is 23.1 Å². The number of hydrogen-bond donors (Lipinski definition) is 0. The molecule has 2 aromatic carbocycles. The lowest BCUT2D eigenvalue weighted by Gasteiger charge is -2.19. The maximum atomic E-state index is 13.7. The van der Waals surface area contributed by atoms with Crippen molar-refractivity contribution < 1.29 is 9.53 Å². The highest BCUT2D eigenvalue weighted by molar-refractivity contribution is 5.87. The predicted molar refractivity (Wildman–Crippen MR) is 125 cm³/mol. The van der Waals surface area contributed by atoms with Gasteiger partial charge in [-0.25, -0.2) is 14.2 Å². The summed E-state index contributed by atoms with van der Waals surface area (Å²) in [7, 11) is 3.25. The van der Waals surface area contributed by atoms with E-state index in [1.54, 1.807) is 28.8 Å². The van der Waals surface area contributed by atoms with Gasteiger partial charge in [0.2, 0.25) is 0 Å². The Balaban J connectivity index is 2.02. The first-order valence-electron chi connectivity index (χ1n) is 10.7. The van der Waals surface area contributed by atoms with Gasteiger partial charge in [0.25, 0.3) is 5.56 Å². The van der Waals surface area contributed by atoms with Crippen molar-refractivity contribution in [2.45, 2.75) is 39.3 Å². The molecule has 0 saturated carbocycles. The minimum atomic E-state index is -0.963. The summed E-state index contributed by atoms with van der Waals surface area (Å²) in [6, 6.07) is 12.2. The summed E-state index contributed by atoms with van der Waals surface area (Å²) in [4.78, 5) is 39.5. The van der Waals surface area contributed by atoms with Gasteiger partial charge in [-0.1, -0.05) is 37.6 Å². The van der Waals surface area contributed by atoms with Crippen LogP contribution >= 0.6 is 0 Å². The van der Waals surface area contributed by atoms with Crippen LogP contribution < -0.4 is 11.2 Å². The number of aromatic nitrogens is 3. The predicted octanol–water partition coefficient (Wildman–Crippen LogP) is 3.53. The molecule has 1 unspecified atom stereocenters. The number of para-hydroxylation sites is 1. The lowest BCUT2D eigenvalue weighted by molar-refractivity contribution is -0.145. The Morgan fingerprint density at radius 2 is 1.78 bits per heavy atom. The highest BCUT2D eigenvalue weighted by Crippen LogP contribution is 2.25. The van der Waals surface area contributed by atoms with Gasteiger partial charge in [0.15, 0.2) is 0 Å². The number of carbonyl (C=O) groups excluding carboxylic acids is 1. The second-order valence-corrected chi connectivity index (χ2v) is 8.12. The molecule has 4 rings (SSSR count). The van der Waals surface area contributed by atoms with Gasteiger partial charge in [-0.3, -0.25) is 9.36 Å². The first kappa shape index (κ1) is 21.6. The zero-order valence-electron chi connectivity index (χ0n) is 18.8. The number of ether oxygens (including phenoxy) is 1. The molecule has 7 heteroatoms. The van der Waals surface area contributed by atoms with Crippen molar-refractivity contribution in [2.75, 3.05) is 7.11 Å². The molecule has 1 atom stereocenters. The minimum absolute atomic E-state index is 0.280. The summed E-state index contributed by atoms with van der Waals surface area (Å²) in [5, 5.41) is 1.48. The summed E-state index contributed by atoms with van der Waals surface area (Å²) in [5.41, 5.74) is 2.72. The molecule has 0 fully saturated rings. The SMILES string of the molecule is CCCC(C(=O)OC)n1c(=O)c2ccccc2n(Cc2cn(C)c3cccc(C)c23)c1=O. The van der Waals surface area contributed by atoms with E-state index < -0.39 is 23.3 Å². The Morgan fingerprint density at radius 1 is 1.06 bits per heavy atom. The number of benzene rings is 2. The average molecular weight is 434 g/mol. The molecule has 0 amide bonds. The zero-order valence-corrected chi connectivity index (χ0v) is 18.8. The number of nitrogens with zero attached hydrogens (tertiary/aromatic N) is 3. The first-order chi connectivity index (χ1) is 15.4. The smallest absolute Gasteiger partial charge is 0.332 e. The van der Waals surface area contributed by atoms with E-state index in [1.807, 2.05) is 49.9 Å². The number of methoxy groups -OCH3 is 1. The molecule has 0 aliphatic carbocycles. The van der Waals surface area contributed by atoms with Crippen LogP contribution in [0.25, 0.3) is 21.8 Å². The van der Waals surface area contributed by atoms with Crippen LogP contribution in [0.15, 0.2) is 58.3 Å². The third-order valence-corrected chi connectivity index (χ3v) is 6.06. The normalized spacial score (nSPS) is 12.4. The number of rotatable bonds is 6. The molecule has 0 spiro atoms. The summed E-state index contributed by atoms with van der Waals surface area (Å²) in [6.45, 7) is 4.23. The van der Waals surface area contributed by atoms with Gasteiger partial charge in [0, 0.05) is 24.1 Å². The lowest BCUT2D eigenvalue weighted by Crippen LogP contribution is -2.45. The second kappa shape index (κ2) is 8.49. The molecule has 0 N–H and O–H groups in total. The fraction of sp³-hybridized carbons (Fsp3) is 0.320. The lowest BCUT2D eigenvalue weighted by atomic mass is 10.1. The van der Waals surface area contributed by atoms with E-state index >= 15 is 0 Å². The van der Waals surface area contributed by atoms with E-state index in [4.69, 9.17) is 4.74 Å². The third kappa shape index (κ3) is 3.43. The molecule has 0 saturated heterocycles. The van der Waals surface area contributed by atoms with Crippen molar-refractivity contribution in [1.29, 1.82) is 0 Å². The Kier molecular flexibility index (Phi) is 5.74. The summed E-state index contributed by atoms with van der Waals surface area (Å²) in [6.07, 6.45) is 2.98. The van der Waals surface area contributed by atoms with Crippen molar-refractivity contribution in [3.8, 4) is 0 Å². The first-order valence-corrected chi connectivity index (χ1v) is 10.7.